The zero-order chi connectivity index (χ0) is 29.1. The highest BCUT2D eigenvalue weighted by atomic mass is 32.2. The average molecular weight is 546 g/mol. The van der Waals surface area contributed by atoms with Crippen LogP contribution in [0.1, 0.15) is 143 Å². The first kappa shape index (κ1) is 31.3. The molecule has 2 aromatic rings. The van der Waals surface area contributed by atoms with E-state index in [1.807, 2.05) is 27.7 Å². The molecule has 2 N–H and O–H groups in total. The third-order valence-corrected chi connectivity index (χ3v) is 7.52. The van der Waals surface area contributed by atoms with Crippen LogP contribution in [0.2, 0.25) is 0 Å². The van der Waals surface area contributed by atoms with E-state index >= 15 is 0 Å². The van der Waals surface area contributed by atoms with E-state index < -0.39 is 22.2 Å². The Morgan fingerprint density at radius 2 is 1.16 bits per heavy atom. The van der Waals surface area contributed by atoms with Crippen LogP contribution in [0.4, 0.5) is 0 Å². The minimum atomic E-state index is -4.53. The van der Waals surface area contributed by atoms with Crippen LogP contribution in [0, 0.1) is 0 Å². The lowest BCUT2D eigenvalue weighted by molar-refractivity contribution is -0.118. The molecular weight excluding hydrogens is 502 g/mol. The van der Waals surface area contributed by atoms with Gasteiger partial charge in [-0.25, -0.2) is 9.52 Å². The lowest BCUT2D eigenvalue weighted by Crippen LogP contribution is -2.36. The number of carbonyl (C=O) groups excluding carboxylic acids is 1. The van der Waals surface area contributed by atoms with E-state index in [0.29, 0.717) is 17.0 Å². The zero-order valence-corrected chi connectivity index (χ0v) is 25.1. The molecule has 1 amide bonds. The normalized spacial score (nSPS) is 12.2. The van der Waals surface area contributed by atoms with Crippen LogP contribution in [0.15, 0.2) is 24.3 Å². The number of carboxylic acids is 1. The summed E-state index contributed by atoms with van der Waals surface area (Å²) in [5, 5.41) is 9.53. The Balaban J connectivity index is 2.47. The Morgan fingerprint density at radius 3 is 1.50 bits per heavy atom. The fourth-order valence-electron chi connectivity index (χ4n) is 4.53. The molecule has 0 unspecified atom stereocenters. The predicted molar refractivity (Wildman–Crippen MR) is 152 cm³/mol. The lowest BCUT2D eigenvalue weighted by Gasteiger charge is -2.23. The van der Waals surface area contributed by atoms with E-state index in [-0.39, 0.29) is 41.4 Å². The molecule has 2 aromatic carbocycles. The Kier molecular flexibility index (Phi) is 10.2. The summed E-state index contributed by atoms with van der Waals surface area (Å²) in [6, 6.07) is 7.07. The molecule has 38 heavy (non-hydrogen) atoms. The fourth-order valence-corrected chi connectivity index (χ4v) is 5.33. The molecule has 0 bridgehead atoms. The highest BCUT2D eigenvalue weighted by Gasteiger charge is 2.27. The van der Waals surface area contributed by atoms with Gasteiger partial charge in [-0.05, 0) is 75.1 Å². The molecule has 210 valence electrons. The molecule has 0 saturated carbocycles. The van der Waals surface area contributed by atoms with Gasteiger partial charge in [0.2, 0.25) is 5.91 Å². The molecule has 0 aromatic heterocycles. The molecule has 0 aliphatic carbocycles. The predicted octanol–water partition coefficient (Wildman–Crippen LogP) is 6.98. The molecule has 0 saturated heterocycles. The van der Waals surface area contributed by atoms with Crippen LogP contribution >= 0.6 is 0 Å². The van der Waals surface area contributed by atoms with Crippen molar-refractivity contribution in [2.75, 3.05) is 0 Å². The number of carbonyl (C=O) groups is 2. The van der Waals surface area contributed by atoms with Gasteiger partial charge >= 0.3 is 16.3 Å². The van der Waals surface area contributed by atoms with Crippen molar-refractivity contribution in [3.05, 3.63) is 63.2 Å². The van der Waals surface area contributed by atoms with Crippen molar-refractivity contribution in [2.45, 2.75) is 105 Å². The molecule has 0 atom stereocenters. The zero-order valence-electron chi connectivity index (χ0n) is 24.3. The van der Waals surface area contributed by atoms with Crippen molar-refractivity contribution in [2.24, 2.45) is 0 Å². The van der Waals surface area contributed by atoms with E-state index in [9.17, 15) is 23.1 Å². The summed E-state index contributed by atoms with van der Waals surface area (Å²) in [4.78, 5) is 24.8. The third kappa shape index (κ3) is 7.59. The second-order valence-electron chi connectivity index (χ2n) is 11.5. The number of benzene rings is 2. The Labute approximate surface area is 228 Å². The van der Waals surface area contributed by atoms with Gasteiger partial charge in [0.25, 0.3) is 0 Å². The van der Waals surface area contributed by atoms with Crippen LogP contribution in [0.25, 0.3) is 0 Å². The van der Waals surface area contributed by atoms with Crippen molar-refractivity contribution in [3.63, 3.8) is 0 Å². The molecule has 0 aliphatic heterocycles. The smallest absolute Gasteiger partial charge is 0.409 e. The molecule has 0 heterocycles. The van der Waals surface area contributed by atoms with Crippen LogP contribution < -0.4 is 8.91 Å². The van der Waals surface area contributed by atoms with Gasteiger partial charge in [-0.2, -0.15) is 8.42 Å². The van der Waals surface area contributed by atoms with E-state index in [1.54, 1.807) is 0 Å². The van der Waals surface area contributed by atoms with E-state index in [1.165, 1.54) is 17.7 Å². The highest BCUT2D eigenvalue weighted by molar-refractivity contribution is 7.85. The first-order chi connectivity index (χ1) is 17.4. The quantitative estimate of drug-likeness (QED) is 0.315. The molecule has 0 spiro atoms. The summed E-state index contributed by atoms with van der Waals surface area (Å²) >= 11 is 0. The van der Waals surface area contributed by atoms with Gasteiger partial charge in [-0.3, -0.25) is 4.79 Å². The topological polar surface area (TPSA) is 110 Å². The fraction of sp³-hybridized carbons (Fsp3) is 0.533. The number of carboxylic acid groups (broad SMARTS) is 1. The Bertz CT molecular complexity index is 1230. The van der Waals surface area contributed by atoms with Gasteiger partial charge in [0.1, 0.15) is 0 Å². The molecule has 0 aliphatic rings. The van der Waals surface area contributed by atoms with Crippen LogP contribution in [-0.2, 0) is 21.5 Å². The second kappa shape index (κ2) is 12.3. The number of hydrogen-bond donors (Lipinski definition) is 2. The largest absolute Gasteiger partial charge is 0.478 e. The van der Waals surface area contributed by atoms with Crippen LogP contribution in [0.5, 0.6) is 5.75 Å². The summed E-state index contributed by atoms with van der Waals surface area (Å²) in [5.41, 5.74) is 5.02. The first-order valence-electron chi connectivity index (χ1n) is 13.3. The maximum absolute atomic E-state index is 13.1. The van der Waals surface area contributed by atoms with Crippen molar-refractivity contribution < 1.29 is 27.3 Å². The molecule has 0 radical (unpaired) electrons. The standard InChI is InChI=1S/C30H43NO6S/c1-16(2)21-11-23(17(3)4)27(24(12-21)18(5)6)15-28(32)31-38(35,36)37-29-25(19(7)8)13-22(30(33)34)14-26(29)20(9)10/h11-14,16-20H,15H2,1-10H3,(H,31,32)(H,33,34). The number of amides is 1. The van der Waals surface area contributed by atoms with Gasteiger partial charge in [0.05, 0.1) is 12.0 Å². The minimum Gasteiger partial charge on any atom is -0.478 e. The number of hydrogen-bond acceptors (Lipinski definition) is 5. The van der Waals surface area contributed by atoms with Crippen molar-refractivity contribution in [1.82, 2.24) is 4.72 Å². The van der Waals surface area contributed by atoms with E-state index in [4.69, 9.17) is 4.18 Å². The average Bonchev–Trinajstić information content (AvgIpc) is 2.77. The molecule has 2 rings (SSSR count). The van der Waals surface area contributed by atoms with Crippen molar-refractivity contribution in [3.8, 4) is 5.75 Å². The summed E-state index contributed by atoms with van der Waals surface area (Å²) < 4.78 is 33.7. The van der Waals surface area contributed by atoms with Crippen LogP contribution in [0.3, 0.4) is 0 Å². The lowest BCUT2D eigenvalue weighted by atomic mass is 9.83. The van der Waals surface area contributed by atoms with Gasteiger partial charge in [-0.1, -0.05) is 81.4 Å². The molecule has 0 fully saturated rings. The first-order valence-corrected chi connectivity index (χ1v) is 14.7. The number of aromatic carboxylic acids is 1. The summed E-state index contributed by atoms with van der Waals surface area (Å²) in [5.74, 6) is -1.54. The van der Waals surface area contributed by atoms with E-state index in [2.05, 4.69) is 58.4 Å². The molecular formula is C30H43NO6S. The number of nitrogens with one attached hydrogen (secondary N) is 1. The highest BCUT2D eigenvalue weighted by Crippen LogP contribution is 2.37. The summed E-state index contributed by atoms with van der Waals surface area (Å²) in [6.45, 7) is 19.8. The Morgan fingerprint density at radius 1 is 0.737 bits per heavy atom. The van der Waals surface area contributed by atoms with Crippen LogP contribution in [-0.4, -0.2) is 25.4 Å². The molecule has 8 heteroatoms. The monoisotopic (exact) mass is 545 g/mol. The number of rotatable bonds is 11. The van der Waals surface area contributed by atoms with Crippen molar-refractivity contribution in [1.29, 1.82) is 0 Å². The SMILES string of the molecule is CC(C)c1cc(C(C)C)c(CC(=O)NS(=O)(=O)Oc2c(C(C)C)cc(C(=O)O)cc2C(C)C)c(C(C)C)c1. The summed E-state index contributed by atoms with van der Waals surface area (Å²) in [7, 11) is -4.53. The molecule has 7 nitrogen and oxygen atoms in total. The second-order valence-corrected chi connectivity index (χ2v) is 12.8. The maximum atomic E-state index is 13.1. The third-order valence-electron chi connectivity index (χ3n) is 6.66. The Hall–Kier alpha value is -2.87. The maximum Gasteiger partial charge on any atom is 0.409 e. The van der Waals surface area contributed by atoms with E-state index in [0.717, 1.165) is 16.7 Å². The van der Waals surface area contributed by atoms with Gasteiger partial charge in [0.15, 0.2) is 5.75 Å². The minimum absolute atomic E-state index is 0.0541. The van der Waals surface area contributed by atoms with Crippen molar-refractivity contribution >= 4 is 22.2 Å². The van der Waals surface area contributed by atoms with Gasteiger partial charge < -0.3 is 9.29 Å². The van der Waals surface area contributed by atoms with Gasteiger partial charge in [0, 0.05) is 0 Å². The summed E-state index contributed by atoms with van der Waals surface area (Å²) in [6.07, 6.45) is -0.103. The van der Waals surface area contributed by atoms with Gasteiger partial charge in [-0.15, -0.1) is 0 Å².